The summed E-state index contributed by atoms with van der Waals surface area (Å²) in [5, 5.41) is 11.3. The molecule has 32 heavy (non-hydrogen) atoms. The van der Waals surface area contributed by atoms with Crippen molar-refractivity contribution in [1.29, 1.82) is 5.26 Å². The van der Waals surface area contributed by atoms with Crippen molar-refractivity contribution < 1.29 is 25.5 Å². The molecular formula is C22H17F3N4O2S. The van der Waals surface area contributed by atoms with Crippen LogP contribution in [0.2, 0.25) is 0 Å². The Labute approximate surface area is 190 Å². The molecule has 0 radical (unpaired) electrons. The fourth-order valence-corrected chi connectivity index (χ4v) is 4.47. The first-order chi connectivity index (χ1) is 16.0. The first-order valence-electron chi connectivity index (χ1n) is 10.7. The zero-order valence-electron chi connectivity index (χ0n) is 18.5. The summed E-state index contributed by atoms with van der Waals surface area (Å²) in [5.41, 5.74) is -2.54. The Bertz CT molecular complexity index is 1260. The van der Waals surface area contributed by atoms with Crippen LogP contribution in [0.1, 0.15) is 43.5 Å². The number of thiocarbonyl (C=S) groups is 1. The van der Waals surface area contributed by atoms with Crippen LogP contribution < -0.4 is 15.1 Å². The highest BCUT2D eigenvalue weighted by Gasteiger charge is 2.59. The van der Waals surface area contributed by atoms with Gasteiger partial charge >= 0.3 is 6.18 Å². The van der Waals surface area contributed by atoms with Gasteiger partial charge in [-0.2, -0.15) is 18.4 Å². The molecule has 6 nitrogen and oxygen atoms in total. The van der Waals surface area contributed by atoms with E-state index in [4.69, 9.17) is 20.2 Å². The molecule has 1 N–H and O–H groups in total. The van der Waals surface area contributed by atoms with Gasteiger partial charge in [0, 0.05) is 19.6 Å². The van der Waals surface area contributed by atoms with E-state index in [1.54, 1.807) is 0 Å². The molecule has 4 rings (SSSR count). The monoisotopic (exact) mass is 460 g/mol. The van der Waals surface area contributed by atoms with E-state index < -0.39 is 34.7 Å². The molecule has 0 unspecified atom stereocenters. The van der Waals surface area contributed by atoms with E-state index in [1.807, 2.05) is 0 Å². The Morgan fingerprint density at radius 2 is 2.00 bits per heavy atom. The smallest absolute Gasteiger partial charge is 0.355 e. The maximum absolute atomic E-state index is 13.5. The van der Waals surface area contributed by atoms with Crippen LogP contribution in [-0.2, 0) is 11.0 Å². The van der Waals surface area contributed by atoms with Crippen LogP contribution in [0.4, 0.5) is 24.5 Å². The number of nitriles is 1. The molecule has 2 amide bonds. The van der Waals surface area contributed by atoms with Crippen LogP contribution in [0.5, 0.6) is 0 Å². The van der Waals surface area contributed by atoms with Gasteiger partial charge in [-0.1, -0.05) is 0 Å². The summed E-state index contributed by atoms with van der Waals surface area (Å²) in [6.45, 7) is 0. The van der Waals surface area contributed by atoms with Crippen LogP contribution >= 0.6 is 12.2 Å². The molecule has 2 aliphatic rings. The minimum atomic E-state index is -4.80. The zero-order chi connectivity index (χ0) is 24.8. The van der Waals surface area contributed by atoms with E-state index in [9.17, 15) is 22.8 Å². The molecule has 1 aliphatic carbocycles. The van der Waals surface area contributed by atoms with Gasteiger partial charge in [-0.3, -0.25) is 14.5 Å². The number of benzene rings is 2. The second kappa shape index (κ2) is 7.60. The van der Waals surface area contributed by atoms with Gasteiger partial charge in [-0.05, 0) is 73.9 Å². The van der Waals surface area contributed by atoms with Crippen molar-refractivity contribution in [3.05, 3.63) is 59.1 Å². The molecular weight excluding hydrogens is 441 g/mol. The first kappa shape index (κ1) is 19.3. The summed E-state index contributed by atoms with van der Waals surface area (Å²) < 4.78 is 55.8. The molecule has 1 heterocycles. The number of anilines is 2. The Hall–Kier alpha value is -3.45. The molecule has 1 saturated carbocycles. The molecule has 1 saturated heterocycles. The number of amides is 2. The fourth-order valence-electron chi connectivity index (χ4n) is 4.00. The van der Waals surface area contributed by atoms with Crippen LogP contribution in [0, 0.1) is 11.3 Å². The largest absolute Gasteiger partial charge is 0.417 e. The molecule has 0 atom stereocenters. The van der Waals surface area contributed by atoms with Crippen molar-refractivity contribution in [3.8, 4) is 6.07 Å². The first-order valence-corrected chi connectivity index (χ1v) is 9.94. The van der Waals surface area contributed by atoms with E-state index in [1.165, 1.54) is 35.2 Å². The second-order valence-electron chi connectivity index (χ2n) is 7.45. The van der Waals surface area contributed by atoms with E-state index in [0.29, 0.717) is 24.9 Å². The number of carbonyl (C=O) groups excluding carboxylic acids is 2. The highest BCUT2D eigenvalue weighted by molar-refractivity contribution is 7.81. The van der Waals surface area contributed by atoms with Gasteiger partial charge < -0.3 is 10.2 Å². The van der Waals surface area contributed by atoms with Crippen molar-refractivity contribution >= 4 is 40.5 Å². The average Bonchev–Trinajstić information content (AvgIpc) is 2.99. The average molecular weight is 460 g/mol. The molecule has 10 heteroatoms. The molecule has 164 valence electrons. The number of nitrogens with one attached hydrogen (secondary N) is 1. The van der Waals surface area contributed by atoms with Gasteiger partial charge in [0.1, 0.15) is 5.54 Å². The van der Waals surface area contributed by atoms with Crippen molar-refractivity contribution in [3.63, 3.8) is 0 Å². The van der Waals surface area contributed by atoms with E-state index in [0.717, 1.165) is 17.0 Å². The van der Waals surface area contributed by atoms with Crippen LogP contribution in [-0.4, -0.2) is 29.5 Å². The topological polar surface area (TPSA) is 76.4 Å². The summed E-state index contributed by atoms with van der Waals surface area (Å²) >= 11 is 5.54. The second-order valence-corrected chi connectivity index (χ2v) is 7.81. The third kappa shape index (κ3) is 3.20. The highest BCUT2D eigenvalue weighted by atomic mass is 32.1. The van der Waals surface area contributed by atoms with Crippen molar-refractivity contribution in [2.75, 3.05) is 16.8 Å². The number of nitrogens with zero attached hydrogens (tertiary/aromatic N) is 3. The molecule has 1 spiro atoms. The lowest BCUT2D eigenvalue weighted by atomic mass is 9.75. The Balaban J connectivity index is 1.78. The molecule has 2 aromatic rings. The van der Waals surface area contributed by atoms with Gasteiger partial charge in [0.05, 0.1) is 24.3 Å². The zero-order valence-corrected chi connectivity index (χ0v) is 17.3. The number of rotatable bonds is 3. The number of carbonyl (C=O) groups is 2. The van der Waals surface area contributed by atoms with Gasteiger partial charge in [-0.15, -0.1) is 0 Å². The number of alkyl halides is 3. The summed E-state index contributed by atoms with van der Waals surface area (Å²) in [6, 6.07) is 8.62. The molecule has 1 aliphatic heterocycles. The molecule has 0 bridgehead atoms. The quantitative estimate of drug-likeness (QED) is 0.701. The summed E-state index contributed by atoms with van der Waals surface area (Å²) in [4.78, 5) is 28.1. The predicted molar refractivity (Wildman–Crippen MR) is 115 cm³/mol. The maximum Gasteiger partial charge on any atom is 0.417 e. The predicted octanol–water partition coefficient (Wildman–Crippen LogP) is 4.00. The van der Waals surface area contributed by atoms with Crippen LogP contribution in [0.15, 0.2) is 42.4 Å². The van der Waals surface area contributed by atoms with Gasteiger partial charge in [0.2, 0.25) is 0 Å². The van der Waals surface area contributed by atoms with Crippen molar-refractivity contribution in [2.45, 2.75) is 31.0 Å². The van der Waals surface area contributed by atoms with Crippen LogP contribution in [0.3, 0.4) is 0 Å². The lowest BCUT2D eigenvalue weighted by Gasteiger charge is -2.43. The Morgan fingerprint density at radius 1 is 1.28 bits per heavy atom. The minimum absolute atomic E-state index is 0.0360. The third-order valence-corrected chi connectivity index (χ3v) is 6.10. The van der Waals surface area contributed by atoms with E-state index in [-0.39, 0.29) is 29.4 Å². The standard InChI is InChI=1S/C22H17F3N4O2S/c1-27-18(30)13-3-6-15(7-4-13)29-20(32)28(19(31)21(29)9-2-10-21)16-8-5-14(12-26)17(11-16)22(23,24)25/h3-8,11H,2,9-10H2,1H3,(H,27,30)/i1D,3D. The fraction of sp³-hybridized carbons (Fsp3) is 0.273. The lowest BCUT2D eigenvalue weighted by Crippen LogP contribution is -2.55. The Morgan fingerprint density at radius 3 is 2.56 bits per heavy atom. The molecule has 2 aromatic carbocycles. The lowest BCUT2D eigenvalue weighted by molar-refractivity contribution is -0.137. The highest BCUT2D eigenvalue weighted by Crippen LogP contribution is 2.48. The van der Waals surface area contributed by atoms with Crippen molar-refractivity contribution in [1.82, 2.24) is 5.32 Å². The van der Waals surface area contributed by atoms with Gasteiger partial charge in [-0.25, -0.2) is 0 Å². The third-order valence-electron chi connectivity index (χ3n) is 5.74. The van der Waals surface area contributed by atoms with Crippen LogP contribution in [0.25, 0.3) is 0 Å². The Kier molecular flexibility index (Phi) is 4.57. The minimum Gasteiger partial charge on any atom is -0.355 e. The number of hydrogen-bond acceptors (Lipinski definition) is 4. The number of halogens is 3. The maximum atomic E-state index is 13.5. The van der Waals surface area contributed by atoms with E-state index in [2.05, 4.69) is 5.32 Å². The molecule has 2 fully saturated rings. The van der Waals surface area contributed by atoms with E-state index >= 15 is 0 Å². The normalized spacial score (nSPS) is 18.2. The van der Waals surface area contributed by atoms with Gasteiger partial charge in [0.15, 0.2) is 5.11 Å². The summed E-state index contributed by atoms with van der Waals surface area (Å²) in [5.74, 6) is -1.08. The SMILES string of the molecule is [2H]CNC(=O)c1ccc(N2C(=S)N(c3ccc(C#N)c(C(F)(F)F)c3)C(=O)C23CCC3)cc1[2H]. The van der Waals surface area contributed by atoms with Crippen molar-refractivity contribution in [2.24, 2.45) is 0 Å². The summed E-state index contributed by atoms with van der Waals surface area (Å²) in [6.07, 6.45) is -3.26. The molecule has 0 aromatic heterocycles. The number of hydrogen-bond donors (Lipinski definition) is 1. The van der Waals surface area contributed by atoms with Gasteiger partial charge in [0.25, 0.3) is 11.8 Å². The summed E-state index contributed by atoms with van der Waals surface area (Å²) in [7, 11) is -0.354.